The van der Waals surface area contributed by atoms with E-state index in [9.17, 15) is 14.9 Å². The number of benzene rings is 2. The molecule has 0 fully saturated rings. The Morgan fingerprint density at radius 2 is 2.08 bits per heavy atom. The molecule has 0 aliphatic heterocycles. The Bertz CT molecular complexity index is 986. The number of ether oxygens (including phenoxy) is 1. The predicted molar refractivity (Wildman–Crippen MR) is 98.6 cm³/mol. The van der Waals surface area contributed by atoms with Crippen molar-refractivity contribution in [3.63, 3.8) is 0 Å². The van der Waals surface area contributed by atoms with Crippen LogP contribution < -0.4 is 10.1 Å². The average molecular weight is 417 g/mol. The molecule has 0 aliphatic carbocycles. The summed E-state index contributed by atoms with van der Waals surface area (Å²) in [5, 5.41) is 20.1. The Kier molecular flexibility index (Phi) is 4.99. The van der Waals surface area contributed by atoms with Gasteiger partial charge in [-0.1, -0.05) is 12.1 Å². The van der Waals surface area contributed by atoms with E-state index < -0.39 is 10.8 Å². The fourth-order valence-corrected chi connectivity index (χ4v) is 2.63. The molecule has 0 saturated heterocycles. The number of hydrogen-bond donors (Lipinski definition) is 2. The first-order chi connectivity index (χ1) is 12.4. The Morgan fingerprint density at radius 3 is 2.73 bits per heavy atom. The molecule has 3 aromatic rings. The lowest BCUT2D eigenvalue weighted by molar-refractivity contribution is -0.384. The maximum atomic E-state index is 12.3. The van der Waals surface area contributed by atoms with Gasteiger partial charge in [-0.2, -0.15) is 5.10 Å². The van der Waals surface area contributed by atoms with E-state index in [2.05, 4.69) is 31.4 Å². The molecule has 0 bridgehead atoms. The monoisotopic (exact) mass is 416 g/mol. The zero-order valence-electron chi connectivity index (χ0n) is 13.5. The maximum absolute atomic E-state index is 12.3. The van der Waals surface area contributed by atoms with Gasteiger partial charge in [-0.25, -0.2) is 0 Å². The molecule has 0 spiro atoms. The summed E-state index contributed by atoms with van der Waals surface area (Å²) in [6, 6.07) is 11.3. The summed E-state index contributed by atoms with van der Waals surface area (Å²) in [7, 11) is 0. The van der Waals surface area contributed by atoms with Crippen LogP contribution in [0.25, 0.3) is 0 Å². The van der Waals surface area contributed by atoms with Crippen LogP contribution in [0.5, 0.6) is 11.5 Å². The van der Waals surface area contributed by atoms with Crippen molar-refractivity contribution in [3.05, 3.63) is 74.5 Å². The molecule has 2 N–H and O–H groups in total. The minimum Gasteiger partial charge on any atom is -0.457 e. The minimum atomic E-state index is -0.551. The molecule has 0 aliphatic rings. The molecule has 0 radical (unpaired) electrons. The number of nitro groups is 1. The number of nitrogens with one attached hydrogen (secondary N) is 2. The van der Waals surface area contributed by atoms with E-state index in [0.717, 1.165) is 5.56 Å². The molecule has 132 valence electrons. The number of aryl methyl sites for hydroxylation is 1. The number of nitro benzene ring substituents is 1. The van der Waals surface area contributed by atoms with Gasteiger partial charge in [-0.05, 0) is 40.5 Å². The number of anilines is 1. The SMILES string of the molecule is Cc1cccc(Oc2cc(NC(=O)c3[nH]ncc3Br)cc([N+](=O)[O-])c2)c1. The fraction of sp³-hybridized carbons (Fsp3) is 0.0588. The number of rotatable bonds is 5. The Hall–Kier alpha value is -3.20. The predicted octanol–water partition coefficient (Wildman–Crippen LogP) is 4.43. The van der Waals surface area contributed by atoms with E-state index in [0.29, 0.717) is 10.2 Å². The van der Waals surface area contributed by atoms with Crippen LogP contribution in [0.15, 0.2) is 53.1 Å². The van der Waals surface area contributed by atoms with E-state index in [1.165, 1.54) is 24.4 Å². The van der Waals surface area contributed by atoms with Gasteiger partial charge in [0.1, 0.15) is 17.2 Å². The van der Waals surface area contributed by atoms with Gasteiger partial charge in [0.2, 0.25) is 0 Å². The number of hydrogen-bond acceptors (Lipinski definition) is 5. The highest BCUT2D eigenvalue weighted by molar-refractivity contribution is 9.10. The third-order valence-electron chi connectivity index (χ3n) is 3.41. The van der Waals surface area contributed by atoms with Crippen LogP contribution in [0.2, 0.25) is 0 Å². The highest BCUT2D eigenvalue weighted by Crippen LogP contribution is 2.30. The molecule has 26 heavy (non-hydrogen) atoms. The smallest absolute Gasteiger partial charge is 0.275 e. The second-order valence-corrected chi connectivity index (χ2v) is 6.29. The van der Waals surface area contributed by atoms with E-state index in [4.69, 9.17) is 4.74 Å². The van der Waals surface area contributed by atoms with Crippen molar-refractivity contribution in [1.29, 1.82) is 0 Å². The van der Waals surface area contributed by atoms with Crippen molar-refractivity contribution in [2.75, 3.05) is 5.32 Å². The van der Waals surface area contributed by atoms with Gasteiger partial charge in [-0.3, -0.25) is 20.0 Å². The number of nitrogens with zero attached hydrogens (tertiary/aromatic N) is 2. The highest BCUT2D eigenvalue weighted by Gasteiger charge is 2.16. The standard InChI is InChI=1S/C17H13BrN4O4/c1-10-3-2-4-13(5-10)26-14-7-11(6-12(8-14)22(24)25)20-17(23)16-15(18)9-19-21-16/h2-9H,1H3,(H,19,21)(H,20,23). The number of aromatic nitrogens is 2. The summed E-state index contributed by atoms with van der Waals surface area (Å²) in [6.45, 7) is 1.91. The Morgan fingerprint density at radius 1 is 1.27 bits per heavy atom. The molecule has 8 nitrogen and oxygen atoms in total. The van der Waals surface area contributed by atoms with Crippen LogP contribution in [0.3, 0.4) is 0 Å². The number of H-pyrrole nitrogens is 1. The van der Waals surface area contributed by atoms with E-state index >= 15 is 0 Å². The molecule has 1 amide bonds. The van der Waals surface area contributed by atoms with Gasteiger partial charge in [0.25, 0.3) is 11.6 Å². The van der Waals surface area contributed by atoms with Crippen LogP contribution in [0, 0.1) is 17.0 Å². The maximum Gasteiger partial charge on any atom is 0.275 e. The first-order valence-corrected chi connectivity index (χ1v) is 8.26. The number of halogens is 1. The molecule has 1 aromatic heterocycles. The fourth-order valence-electron chi connectivity index (χ4n) is 2.26. The van der Waals surface area contributed by atoms with Gasteiger partial charge in [-0.15, -0.1) is 0 Å². The number of carbonyl (C=O) groups is 1. The molecular formula is C17H13BrN4O4. The average Bonchev–Trinajstić information content (AvgIpc) is 3.00. The molecule has 1 heterocycles. The van der Waals surface area contributed by atoms with Gasteiger partial charge < -0.3 is 10.1 Å². The van der Waals surface area contributed by atoms with E-state index in [-0.39, 0.29) is 22.8 Å². The minimum absolute atomic E-state index is 0.200. The number of aromatic amines is 1. The highest BCUT2D eigenvalue weighted by atomic mass is 79.9. The second kappa shape index (κ2) is 7.36. The topological polar surface area (TPSA) is 110 Å². The lowest BCUT2D eigenvalue weighted by Crippen LogP contribution is -2.13. The zero-order chi connectivity index (χ0) is 18.7. The van der Waals surface area contributed by atoms with E-state index in [1.54, 1.807) is 12.1 Å². The summed E-state index contributed by atoms with van der Waals surface area (Å²) in [6.07, 6.45) is 1.44. The molecule has 0 unspecified atom stereocenters. The number of amides is 1. The summed E-state index contributed by atoms with van der Waals surface area (Å²) in [5.74, 6) is 0.291. The van der Waals surface area contributed by atoms with Crippen molar-refractivity contribution in [1.82, 2.24) is 10.2 Å². The lowest BCUT2D eigenvalue weighted by atomic mass is 10.2. The molecular weight excluding hydrogens is 404 g/mol. The number of non-ortho nitro benzene ring substituents is 1. The third kappa shape index (κ3) is 4.06. The quantitative estimate of drug-likeness (QED) is 0.471. The first-order valence-electron chi connectivity index (χ1n) is 7.46. The van der Waals surface area contributed by atoms with Crippen LogP contribution in [-0.2, 0) is 0 Å². The first kappa shape index (κ1) is 17.6. The van der Waals surface area contributed by atoms with Crippen LogP contribution in [0.4, 0.5) is 11.4 Å². The molecule has 3 rings (SSSR count). The largest absolute Gasteiger partial charge is 0.457 e. The van der Waals surface area contributed by atoms with E-state index in [1.807, 2.05) is 19.1 Å². The second-order valence-electron chi connectivity index (χ2n) is 5.44. The zero-order valence-corrected chi connectivity index (χ0v) is 15.1. The van der Waals surface area contributed by atoms with Crippen molar-refractivity contribution in [2.45, 2.75) is 6.92 Å². The molecule has 0 saturated carbocycles. The van der Waals surface area contributed by atoms with Crippen molar-refractivity contribution in [2.24, 2.45) is 0 Å². The van der Waals surface area contributed by atoms with Crippen LogP contribution >= 0.6 is 15.9 Å². The summed E-state index contributed by atoms with van der Waals surface area (Å²) < 4.78 is 6.18. The van der Waals surface area contributed by atoms with Gasteiger partial charge in [0, 0.05) is 12.1 Å². The molecule has 0 atom stereocenters. The van der Waals surface area contributed by atoms with Gasteiger partial charge in [0.15, 0.2) is 0 Å². The van der Waals surface area contributed by atoms with Crippen molar-refractivity contribution < 1.29 is 14.5 Å². The van der Waals surface area contributed by atoms with Crippen LogP contribution in [0.1, 0.15) is 16.1 Å². The summed E-state index contributed by atoms with van der Waals surface area (Å²) in [5.41, 5.74) is 1.23. The number of carbonyl (C=O) groups excluding carboxylic acids is 1. The van der Waals surface area contributed by atoms with Gasteiger partial charge >= 0.3 is 0 Å². The summed E-state index contributed by atoms with van der Waals surface area (Å²) >= 11 is 3.20. The van der Waals surface area contributed by atoms with Crippen molar-refractivity contribution in [3.8, 4) is 11.5 Å². The molecule has 9 heteroatoms. The summed E-state index contributed by atoms with van der Waals surface area (Å²) in [4.78, 5) is 22.9. The Labute approximate surface area is 156 Å². The van der Waals surface area contributed by atoms with Gasteiger partial charge in [0.05, 0.1) is 27.3 Å². The lowest BCUT2D eigenvalue weighted by Gasteiger charge is -2.09. The Balaban J connectivity index is 1.90. The third-order valence-corrected chi connectivity index (χ3v) is 4.01. The van der Waals surface area contributed by atoms with Crippen LogP contribution in [-0.4, -0.2) is 21.0 Å². The normalized spacial score (nSPS) is 10.4. The molecule has 2 aromatic carbocycles. The van der Waals surface area contributed by atoms with Crippen molar-refractivity contribution >= 4 is 33.2 Å².